The van der Waals surface area contributed by atoms with Crippen LogP contribution < -0.4 is 10.6 Å². The molecule has 0 radical (unpaired) electrons. The highest BCUT2D eigenvalue weighted by Gasteiger charge is 2.44. The summed E-state index contributed by atoms with van der Waals surface area (Å²) in [5.41, 5.74) is 2.25. The Morgan fingerprint density at radius 2 is 2.08 bits per heavy atom. The molecule has 0 spiro atoms. The van der Waals surface area contributed by atoms with Crippen molar-refractivity contribution in [1.29, 1.82) is 0 Å². The molecule has 0 unspecified atom stereocenters. The lowest BCUT2D eigenvalue weighted by Gasteiger charge is -2.46. The number of benzene rings is 1. The zero-order valence-corrected chi connectivity index (χ0v) is 14.0. The summed E-state index contributed by atoms with van der Waals surface area (Å²) in [5.74, 6) is 0.666. The van der Waals surface area contributed by atoms with Crippen LogP contribution >= 0.6 is 0 Å². The van der Waals surface area contributed by atoms with Gasteiger partial charge in [0.15, 0.2) is 5.76 Å². The molecule has 1 aromatic carbocycles. The van der Waals surface area contributed by atoms with Gasteiger partial charge >= 0.3 is 6.03 Å². The monoisotopic (exact) mass is 329 g/mol. The first-order chi connectivity index (χ1) is 11.5. The number of aromatic nitrogens is 1. The number of hydrogen-bond donors (Lipinski definition) is 3. The van der Waals surface area contributed by atoms with Crippen molar-refractivity contribution in [3.05, 3.63) is 47.3 Å². The van der Waals surface area contributed by atoms with E-state index in [0.29, 0.717) is 42.9 Å². The number of amides is 2. The molecule has 6 heteroatoms. The van der Waals surface area contributed by atoms with Gasteiger partial charge in [0.2, 0.25) is 0 Å². The van der Waals surface area contributed by atoms with Gasteiger partial charge in [0.05, 0.1) is 6.10 Å². The van der Waals surface area contributed by atoms with Crippen LogP contribution in [0, 0.1) is 6.92 Å². The van der Waals surface area contributed by atoms with Crippen molar-refractivity contribution in [3.8, 4) is 0 Å². The average Bonchev–Trinajstić information content (AvgIpc) is 2.91. The van der Waals surface area contributed by atoms with Crippen molar-refractivity contribution in [2.24, 2.45) is 0 Å². The highest BCUT2D eigenvalue weighted by Crippen LogP contribution is 2.43. The van der Waals surface area contributed by atoms with Gasteiger partial charge in [-0.3, -0.25) is 0 Å². The molecule has 0 atom stereocenters. The molecule has 6 nitrogen and oxygen atoms in total. The molecule has 3 N–H and O–H groups in total. The van der Waals surface area contributed by atoms with E-state index in [1.165, 1.54) is 0 Å². The lowest BCUT2D eigenvalue weighted by molar-refractivity contribution is 0.0193. The van der Waals surface area contributed by atoms with Gasteiger partial charge in [-0.1, -0.05) is 42.4 Å². The lowest BCUT2D eigenvalue weighted by Crippen LogP contribution is -2.52. The summed E-state index contributed by atoms with van der Waals surface area (Å²) in [5, 5.41) is 19.4. The van der Waals surface area contributed by atoms with Crippen LogP contribution in [0.2, 0.25) is 0 Å². The Morgan fingerprint density at radius 3 is 2.71 bits per heavy atom. The molecule has 1 aliphatic rings. The summed E-state index contributed by atoms with van der Waals surface area (Å²) in [7, 11) is 0. The molecule has 3 rings (SSSR count). The number of hydrogen-bond acceptors (Lipinski definition) is 4. The highest BCUT2D eigenvalue weighted by molar-refractivity contribution is 5.90. The number of nitrogens with zero attached hydrogens (tertiary/aromatic N) is 1. The minimum atomic E-state index is -0.304. The minimum absolute atomic E-state index is 0.199. The zero-order valence-electron chi connectivity index (χ0n) is 14.0. The molecule has 0 saturated heterocycles. The first kappa shape index (κ1) is 16.5. The maximum atomic E-state index is 12.3. The summed E-state index contributed by atoms with van der Waals surface area (Å²) in [6.07, 6.45) is 1.67. The number of carbonyl (C=O) groups is 1. The Morgan fingerprint density at radius 1 is 1.38 bits per heavy atom. The molecule has 1 heterocycles. The number of carbonyl (C=O) groups excluding carboxylic acids is 1. The van der Waals surface area contributed by atoms with Gasteiger partial charge in [-0.25, -0.2) is 4.79 Å². The molecule has 1 aliphatic carbocycles. The predicted molar refractivity (Wildman–Crippen MR) is 91.0 cm³/mol. The number of aryl methyl sites for hydroxylation is 2. The van der Waals surface area contributed by atoms with Crippen LogP contribution in [0.5, 0.6) is 0 Å². The summed E-state index contributed by atoms with van der Waals surface area (Å²) in [6, 6.07) is 9.74. The van der Waals surface area contributed by atoms with Crippen LogP contribution in [0.25, 0.3) is 0 Å². The summed E-state index contributed by atoms with van der Waals surface area (Å²) >= 11 is 0. The standard InChI is InChI=1S/C18H23N3O3/c1-3-15-16(12(2)21-24-15)20-17(23)19-11-18(9-14(22)10-18)13-7-5-4-6-8-13/h4-8,14,22H,3,9-11H2,1-2H3,(H2,19,20,23). The zero-order chi connectivity index (χ0) is 17.2. The van der Waals surface area contributed by atoms with Crippen molar-refractivity contribution >= 4 is 11.7 Å². The number of aliphatic hydroxyl groups is 1. The third kappa shape index (κ3) is 3.14. The number of anilines is 1. The Bertz CT molecular complexity index is 706. The Labute approximate surface area is 141 Å². The Balaban J connectivity index is 1.65. The van der Waals surface area contributed by atoms with Gasteiger partial charge in [-0.05, 0) is 25.3 Å². The SMILES string of the molecule is CCc1onc(C)c1NC(=O)NCC1(c2ccccc2)CC(O)C1. The maximum Gasteiger partial charge on any atom is 0.319 e. The van der Waals surface area contributed by atoms with Gasteiger partial charge in [0.25, 0.3) is 0 Å². The van der Waals surface area contributed by atoms with Gasteiger partial charge in [0.1, 0.15) is 11.4 Å². The molecular formula is C18H23N3O3. The fraction of sp³-hybridized carbons (Fsp3) is 0.444. The molecular weight excluding hydrogens is 306 g/mol. The van der Waals surface area contributed by atoms with E-state index >= 15 is 0 Å². The van der Waals surface area contributed by atoms with E-state index in [2.05, 4.69) is 15.8 Å². The Hall–Kier alpha value is -2.34. The molecule has 2 aromatic rings. The lowest BCUT2D eigenvalue weighted by atomic mass is 9.62. The smallest absolute Gasteiger partial charge is 0.319 e. The van der Waals surface area contributed by atoms with Crippen molar-refractivity contribution in [2.45, 2.75) is 44.6 Å². The quantitative estimate of drug-likeness (QED) is 0.787. The molecule has 24 heavy (non-hydrogen) atoms. The number of rotatable bonds is 5. The highest BCUT2D eigenvalue weighted by atomic mass is 16.5. The fourth-order valence-corrected chi connectivity index (χ4v) is 3.34. The minimum Gasteiger partial charge on any atom is -0.393 e. The number of aliphatic hydroxyl groups excluding tert-OH is 1. The summed E-state index contributed by atoms with van der Waals surface area (Å²) < 4.78 is 5.18. The largest absolute Gasteiger partial charge is 0.393 e. The first-order valence-electron chi connectivity index (χ1n) is 8.27. The van der Waals surface area contributed by atoms with Crippen LogP contribution in [0.4, 0.5) is 10.5 Å². The van der Waals surface area contributed by atoms with Gasteiger partial charge < -0.3 is 20.3 Å². The van der Waals surface area contributed by atoms with Crippen LogP contribution in [0.15, 0.2) is 34.9 Å². The van der Waals surface area contributed by atoms with Crippen LogP contribution in [0.3, 0.4) is 0 Å². The van der Waals surface area contributed by atoms with Crippen molar-refractivity contribution in [2.75, 3.05) is 11.9 Å². The van der Waals surface area contributed by atoms with E-state index in [4.69, 9.17) is 4.52 Å². The van der Waals surface area contributed by atoms with E-state index in [-0.39, 0.29) is 17.6 Å². The third-order valence-corrected chi connectivity index (χ3v) is 4.72. The second-order valence-corrected chi connectivity index (χ2v) is 6.44. The molecule has 128 valence electrons. The van der Waals surface area contributed by atoms with Crippen LogP contribution in [-0.4, -0.2) is 28.9 Å². The second kappa shape index (κ2) is 6.65. The van der Waals surface area contributed by atoms with E-state index < -0.39 is 0 Å². The molecule has 0 bridgehead atoms. The third-order valence-electron chi connectivity index (χ3n) is 4.72. The van der Waals surface area contributed by atoms with Gasteiger partial charge in [-0.15, -0.1) is 0 Å². The van der Waals surface area contributed by atoms with Crippen LogP contribution in [0.1, 0.15) is 36.8 Å². The topological polar surface area (TPSA) is 87.4 Å². The van der Waals surface area contributed by atoms with E-state index in [1.807, 2.05) is 37.3 Å². The number of nitrogens with one attached hydrogen (secondary N) is 2. The van der Waals surface area contributed by atoms with Crippen molar-refractivity contribution in [1.82, 2.24) is 10.5 Å². The molecule has 0 aliphatic heterocycles. The van der Waals surface area contributed by atoms with Crippen molar-refractivity contribution in [3.63, 3.8) is 0 Å². The second-order valence-electron chi connectivity index (χ2n) is 6.44. The normalized spacial score (nSPS) is 22.7. The summed E-state index contributed by atoms with van der Waals surface area (Å²) in [6.45, 7) is 4.22. The molecule has 1 fully saturated rings. The molecule has 1 saturated carbocycles. The van der Waals surface area contributed by atoms with Gasteiger partial charge in [0, 0.05) is 18.4 Å². The predicted octanol–water partition coefficient (Wildman–Crippen LogP) is 2.76. The van der Waals surface area contributed by atoms with E-state index in [0.717, 1.165) is 5.56 Å². The van der Waals surface area contributed by atoms with Crippen LogP contribution in [-0.2, 0) is 11.8 Å². The van der Waals surface area contributed by atoms with Gasteiger partial charge in [-0.2, -0.15) is 0 Å². The average molecular weight is 329 g/mol. The molecule has 2 amide bonds. The number of urea groups is 1. The fourth-order valence-electron chi connectivity index (χ4n) is 3.34. The Kier molecular flexibility index (Phi) is 4.57. The van der Waals surface area contributed by atoms with E-state index in [1.54, 1.807) is 6.92 Å². The maximum absolute atomic E-state index is 12.3. The van der Waals surface area contributed by atoms with E-state index in [9.17, 15) is 9.90 Å². The first-order valence-corrected chi connectivity index (χ1v) is 8.27. The molecule has 1 aromatic heterocycles. The summed E-state index contributed by atoms with van der Waals surface area (Å²) in [4.78, 5) is 12.3. The van der Waals surface area contributed by atoms with Crippen molar-refractivity contribution < 1.29 is 14.4 Å².